The molecule has 1 rings (SSSR count). The van der Waals surface area contributed by atoms with Crippen LogP contribution in [0.15, 0.2) is 6.07 Å². The highest BCUT2D eigenvalue weighted by Crippen LogP contribution is 2.11. The fourth-order valence-electron chi connectivity index (χ4n) is 0.564. The smallest absolute Gasteiger partial charge is 0.195 e. The standard InChI is InChI=1S/C7HF3N/c8-5-1-4(3-11)2-6(9)7(5)10/h1H. The third-order valence-electron chi connectivity index (χ3n) is 1.04. The Kier molecular flexibility index (Phi) is 1.81. The van der Waals surface area contributed by atoms with E-state index in [1.165, 1.54) is 6.07 Å². The average Bonchev–Trinajstić information content (AvgIpc) is 1.99. The van der Waals surface area contributed by atoms with Crippen molar-refractivity contribution in [2.75, 3.05) is 0 Å². The summed E-state index contributed by atoms with van der Waals surface area (Å²) in [6.45, 7) is 0. The van der Waals surface area contributed by atoms with Gasteiger partial charge in [0.05, 0.1) is 11.6 Å². The van der Waals surface area contributed by atoms with E-state index in [0.717, 1.165) is 0 Å². The molecule has 0 atom stereocenters. The molecular formula is C7HF3N. The molecule has 0 aliphatic carbocycles. The van der Waals surface area contributed by atoms with Crippen LogP contribution in [0, 0.1) is 34.8 Å². The minimum absolute atomic E-state index is 0.360. The van der Waals surface area contributed by atoms with Gasteiger partial charge >= 0.3 is 0 Å². The summed E-state index contributed by atoms with van der Waals surface area (Å²) in [5.74, 6) is -4.46. The Balaban J connectivity index is 3.35. The first-order chi connectivity index (χ1) is 5.15. The minimum Gasteiger partial charge on any atom is -0.204 e. The number of rotatable bonds is 0. The summed E-state index contributed by atoms with van der Waals surface area (Å²) in [5, 5.41) is 8.14. The molecule has 4 heteroatoms. The molecule has 1 radical (unpaired) electrons. The maximum absolute atomic E-state index is 12.2. The molecule has 1 nitrogen and oxygen atoms in total. The molecule has 55 valence electrons. The van der Waals surface area contributed by atoms with E-state index in [1.807, 2.05) is 0 Å². The normalized spacial score (nSPS) is 9.27. The second-order valence-corrected chi connectivity index (χ2v) is 1.77. The average molecular weight is 156 g/mol. The number of hydrogen-bond donors (Lipinski definition) is 0. The predicted molar refractivity (Wildman–Crippen MR) is 29.9 cm³/mol. The van der Waals surface area contributed by atoms with Gasteiger partial charge in [-0.1, -0.05) is 0 Å². The zero-order valence-corrected chi connectivity index (χ0v) is 5.16. The molecular weight excluding hydrogens is 155 g/mol. The van der Waals surface area contributed by atoms with Gasteiger partial charge in [-0.3, -0.25) is 0 Å². The van der Waals surface area contributed by atoms with Gasteiger partial charge in [-0.25, -0.2) is 13.2 Å². The molecule has 0 unspecified atom stereocenters. The van der Waals surface area contributed by atoms with Crippen molar-refractivity contribution in [3.05, 3.63) is 35.1 Å². The van der Waals surface area contributed by atoms with Crippen LogP contribution in [0.4, 0.5) is 13.2 Å². The molecule has 1 aromatic carbocycles. The molecule has 11 heavy (non-hydrogen) atoms. The third kappa shape index (κ3) is 1.32. The molecule has 0 aromatic heterocycles. The number of hydrogen-bond acceptors (Lipinski definition) is 1. The molecule has 1 aromatic rings. The minimum atomic E-state index is -1.61. The van der Waals surface area contributed by atoms with Crippen molar-refractivity contribution in [3.8, 4) is 6.07 Å². The third-order valence-corrected chi connectivity index (χ3v) is 1.04. The van der Waals surface area contributed by atoms with Gasteiger partial charge in [-0.2, -0.15) is 5.26 Å². The molecule has 0 fully saturated rings. The van der Waals surface area contributed by atoms with Crippen LogP contribution in [0.1, 0.15) is 5.56 Å². The van der Waals surface area contributed by atoms with Crippen molar-refractivity contribution in [1.29, 1.82) is 5.26 Å². The molecule has 0 spiro atoms. The molecule has 0 saturated heterocycles. The van der Waals surface area contributed by atoms with Crippen molar-refractivity contribution in [2.24, 2.45) is 0 Å². The second-order valence-electron chi connectivity index (χ2n) is 1.77. The van der Waals surface area contributed by atoms with Crippen molar-refractivity contribution < 1.29 is 13.2 Å². The quantitative estimate of drug-likeness (QED) is 0.525. The van der Waals surface area contributed by atoms with E-state index in [1.54, 1.807) is 6.07 Å². The van der Waals surface area contributed by atoms with Gasteiger partial charge in [-0.05, 0) is 6.07 Å². The molecule has 0 aliphatic rings. The second kappa shape index (κ2) is 2.62. The summed E-state index contributed by atoms with van der Waals surface area (Å²) in [4.78, 5) is 0. The van der Waals surface area contributed by atoms with E-state index < -0.39 is 17.5 Å². The lowest BCUT2D eigenvalue weighted by atomic mass is 10.2. The van der Waals surface area contributed by atoms with Crippen LogP contribution in [-0.2, 0) is 0 Å². The van der Waals surface area contributed by atoms with Gasteiger partial charge < -0.3 is 0 Å². The lowest BCUT2D eigenvalue weighted by Gasteiger charge is -1.93. The Morgan fingerprint density at radius 3 is 2.45 bits per heavy atom. The monoisotopic (exact) mass is 156 g/mol. The van der Waals surface area contributed by atoms with Crippen LogP contribution < -0.4 is 0 Å². The number of benzene rings is 1. The highest BCUT2D eigenvalue weighted by atomic mass is 19.2. The Bertz CT molecular complexity index is 304. The summed E-state index contributed by atoms with van der Waals surface area (Å²) < 4.78 is 36.6. The van der Waals surface area contributed by atoms with Crippen molar-refractivity contribution in [2.45, 2.75) is 0 Å². The van der Waals surface area contributed by atoms with Crippen molar-refractivity contribution in [1.82, 2.24) is 0 Å². The fraction of sp³-hybridized carbons (Fsp3) is 0. The number of halogens is 3. The molecule has 0 saturated carbocycles. The summed E-state index contributed by atoms with van der Waals surface area (Å²) in [7, 11) is 0. The highest BCUT2D eigenvalue weighted by molar-refractivity contribution is 5.28. The molecule has 0 heterocycles. The fourth-order valence-corrected chi connectivity index (χ4v) is 0.564. The van der Waals surface area contributed by atoms with Crippen LogP contribution in [-0.4, -0.2) is 0 Å². The van der Waals surface area contributed by atoms with Crippen LogP contribution in [0.3, 0.4) is 0 Å². The van der Waals surface area contributed by atoms with E-state index in [-0.39, 0.29) is 5.56 Å². The zero-order chi connectivity index (χ0) is 8.43. The zero-order valence-electron chi connectivity index (χ0n) is 5.16. The topological polar surface area (TPSA) is 23.8 Å². The van der Waals surface area contributed by atoms with Crippen molar-refractivity contribution >= 4 is 0 Å². The maximum Gasteiger partial charge on any atom is 0.195 e. The highest BCUT2D eigenvalue weighted by Gasteiger charge is 2.09. The summed E-state index contributed by atoms with van der Waals surface area (Å²) in [6, 6.07) is 3.74. The van der Waals surface area contributed by atoms with Gasteiger partial charge in [-0.15, -0.1) is 0 Å². The first kappa shape index (κ1) is 7.61. The Hall–Kier alpha value is -1.50. The van der Waals surface area contributed by atoms with Gasteiger partial charge in [0.25, 0.3) is 0 Å². The summed E-state index contributed by atoms with van der Waals surface area (Å²) >= 11 is 0. The molecule has 0 N–H and O–H groups in total. The van der Waals surface area contributed by atoms with E-state index >= 15 is 0 Å². The summed E-state index contributed by atoms with van der Waals surface area (Å²) in [6.07, 6.45) is 0. The largest absolute Gasteiger partial charge is 0.204 e. The summed E-state index contributed by atoms with van der Waals surface area (Å²) in [5.41, 5.74) is -0.360. The van der Waals surface area contributed by atoms with E-state index in [9.17, 15) is 13.2 Å². The number of nitriles is 1. The van der Waals surface area contributed by atoms with Gasteiger partial charge in [0.1, 0.15) is 0 Å². The van der Waals surface area contributed by atoms with E-state index in [2.05, 4.69) is 0 Å². The van der Waals surface area contributed by atoms with Gasteiger partial charge in [0.2, 0.25) is 0 Å². The lowest BCUT2D eigenvalue weighted by molar-refractivity contribution is 0.445. The SMILES string of the molecule is N#Cc1[c]c(F)c(F)c(F)c1. The molecule has 0 bridgehead atoms. The van der Waals surface area contributed by atoms with E-state index in [4.69, 9.17) is 5.26 Å². The van der Waals surface area contributed by atoms with Gasteiger partial charge in [0, 0.05) is 6.07 Å². The van der Waals surface area contributed by atoms with Crippen LogP contribution >= 0.6 is 0 Å². The Labute approximate surface area is 60.7 Å². The van der Waals surface area contributed by atoms with Crippen LogP contribution in [0.25, 0.3) is 0 Å². The first-order valence-electron chi connectivity index (χ1n) is 2.62. The van der Waals surface area contributed by atoms with E-state index in [0.29, 0.717) is 6.07 Å². The van der Waals surface area contributed by atoms with Crippen LogP contribution in [0.2, 0.25) is 0 Å². The molecule has 0 amide bonds. The Morgan fingerprint density at radius 2 is 2.00 bits per heavy atom. The van der Waals surface area contributed by atoms with Crippen LogP contribution in [0.5, 0.6) is 0 Å². The first-order valence-corrected chi connectivity index (χ1v) is 2.62. The predicted octanol–water partition coefficient (Wildman–Crippen LogP) is 1.78. The number of nitrogens with zero attached hydrogens (tertiary/aromatic N) is 1. The maximum atomic E-state index is 12.2. The van der Waals surface area contributed by atoms with Crippen molar-refractivity contribution in [3.63, 3.8) is 0 Å². The molecule has 0 aliphatic heterocycles. The van der Waals surface area contributed by atoms with Gasteiger partial charge in [0.15, 0.2) is 17.5 Å². The Morgan fingerprint density at radius 1 is 1.36 bits per heavy atom. The lowest BCUT2D eigenvalue weighted by Crippen LogP contribution is -1.91.